The van der Waals surface area contributed by atoms with Crippen LogP contribution in [0.25, 0.3) is 6.08 Å². The minimum atomic E-state index is -1.64. The number of hydrogen-bond acceptors (Lipinski definition) is 5. The van der Waals surface area contributed by atoms with Gasteiger partial charge in [0.2, 0.25) is 0 Å². The van der Waals surface area contributed by atoms with Gasteiger partial charge >= 0.3 is 0 Å². The van der Waals surface area contributed by atoms with Gasteiger partial charge in [0, 0.05) is 38.3 Å². The van der Waals surface area contributed by atoms with E-state index in [0.29, 0.717) is 38.0 Å². The molecule has 7 rings (SSSR count). The Hall–Kier alpha value is -4.19. The van der Waals surface area contributed by atoms with Crippen molar-refractivity contribution in [3.05, 3.63) is 134 Å². The summed E-state index contributed by atoms with van der Waals surface area (Å²) in [5, 5.41) is 0.706. The third-order valence-corrected chi connectivity index (χ3v) is 9.44. The third kappa shape index (κ3) is 3.60. The van der Waals surface area contributed by atoms with Crippen LogP contribution in [0.15, 0.2) is 91.0 Å². The first kappa shape index (κ1) is 26.7. The quantitative estimate of drug-likeness (QED) is 0.180. The number of hydrogen-bond donors (Lipinski definition) is 0. The van der Waals surface area contributed by atoms with Crippen LogP contribution in [-0.2, 0) is 0 Å². The van der Waals surface area contributed by atoms with E-state index in [1.54, 1.807) is 73.8 Å². The molecule has 2 aliphatic heterocycles. The zero-order valence-electron chi connectivity index (χ0n) is 22.8. The molecule has 42 heavy (non-hydrogen) atoms. The molecule has 2 heterocycles. The zero-order valence-corrected chi connectivity index (χ0v) is 24.3. The van der Waals surface area contributed by atoms with Crippen molar-refractivity contribution in [2.75, 3.05) is 12.0 Å². The monoisotopic (exact) mass is 593 g/mol. The summed E-state index contributed by atoms with van der Waals surface area (Å²) >= 11 is 13.2. The SMILES string of the molecule is COc1cccc(C(=O)[C@@H]2[C@@H](c3ccc(Cl)cc3Cl)C3(C(=O)c4ccccc4C3=O)[C@@H]3C=Cc4cc(C)ccc4N23)c1. The molecule has 1 saturated heterocycles. The molecule has 4 aromatic carbocycles. The van der Waals surface area contributed by atoms with Crippen LogP contribution in [0.2, 0.25) is 10.0 Å². The van der Waals surface area contributed by atoms with E-state index in [1.807, 2.05) is 42.2 Å². The summed E-state index contributed by atoms with van der Waals surface area (Å²) in [6.07, 6.45) is 3.85. The molecule has 1 spiro atoms. The highest BCUT2D eigenvalue weighted by atomic mass is 35.5. The zero-order chi connectivity index (χ0) is 29.3. The van der Waals surface area contributed by atoms with Crippen molar-refractivity contribution < 1.29 is 19.1 Å². The van der Waals surface area contributed by atoms with Crippen LogP contribution in [0, 0.1) is 12.3 Å². The standard InChI is InChI=1S/C35H25Cl2NO4/c1-19-10-14-28-20(16-19)11-15-29-35(33(40)24-8-3-4-9-25(24)34(35)41)30(26-13-12-22(36)18-27(26)37)31(38(28)29)32(39)21-6-5-7-23(17-21)42-2/h3-18,29-31H,1-2H3/t29-,30+,31-/m0/s1. The first-order valence-corrected chi connectivity index (χ1v) is 14.4. The fourth-order valence-electron chi connectivity index (χ4n) is 7.14. The number of nitrogens with zero attached hydrogens (tertiary/aromatic N) is 1. The number of carbonyl (C=O) groups is 3. The Morgan fingerprint density at radius 1 is 0.881 bits per heavy atom. The van der Waals surface area contributed by atoms with Crippen LogP contribution < -0.4 is 9.64 Å². The first-order chi connectivity index (χ1) is 20.3. The van der Waals surface area contributed by atoms with Crippen LogP contribution >= 0.6 is 23.2 Å². The number of fused-ring (bicyclic) bond motifs is 5. The lowest BCUT2D eigenvalue weighted by Crippen LogP contribution is -2.48. The van der Waals surface area contributed by atoms with E-state index in [0.717, 1.165) is 16.8 Å². The molecule has 4 aromatic rings. The van der Waals surface area contributed by atoms with Crippen molar-refractivity contribution in [1.82, 2.24) is 0 Å². The average Bonchev–Trinajstić information content (AvgIpc) is 3.42. The maximum Gasteiger partial charge on any atom is 0.186 e. The lowest BCUT2D eigenvalue weighted by atomic mass is 9.64. The van der Waals surface area contributed by atoms with Gasteiger partial charge in [0.05, 0.1) is 13.2 Å². The molecule has 0 saturated carbocycles. The number of carbonyl (C=O) groups excluding carboxylic acids is 3. The van der Waals surface area contributed by atoms with E-state index >= 15 is 0 Å². The number of benzene rings is 4. The second-order valence-electron chi connectivity index (χ2n) is 11.0. The van der Waals surface area contributed by atoms with Gasteiger partial charge in [0.15, 0.2) is 17.3 Å². The normalized spacial score (nSPS) is 21.3. The predicted molar refractivity (Wildman–Crippen MR) is 164 cm³/mol. The largest absolute Gasteiger partial charge is 0.497 e. The molecule has 3 atom stereocenters. The minimum Gasteiger partial charge on any atom is -0.497 e. The highest BCUT2D eigenvalue weighted by Crippen LogP contribution is 2.61. The maximum atomic E-state index is 14.8. The Balaban J connectivity index is 1.56. The second-order valence-corrected chi connectivity index (χ2v) is 11.9. The molecule has 208 valence electrons. The van der Waals surface area contributed by atoms with Crippen molar-refractivity contribution in [3.63, 3.8) is 0 Å². The number of rotatable bonds is 4. The van der Waals surface area contributed by atoms with E-state index in [2.05, 4.69) is 0 Å². The van der Waals surface area contributed by atoms with Crippen molar-refractivity contribution in [3.8, 4) is 5.75 Å². The molecule has 5 nitrogen and oxygen atoms in total. The predicted octanol–water partition coefficient (Wildman–Crippen LogP) is 7.63. The lowest BCUT2D eigenvalue weighted by molar-refractivity contribution is 0.0666. The number of Topliss-reactive ketones (excluding diaryl/α,β-unsaturated/α-hetero) is 3. The van der Waals surface area contributed by atoms with E-state index in [-0.39, 0.29) is 17.3 Å². The number of halogens is 2. The van der Waals surface area contributed by atoms with E-state index in [4.69, 9.17) is 27.9 Å². The second kappa shape index (κ2) is 9.69. The average molecular weight is 594 g/mol. The summed E-state index contributed by atoms with van der Waals surface area (Å²) in [6, 6.07) is 23.2. The summed E-state index contributed by atoms with van der Waals surface area (Å²) in [4.78, 5) is 46.3. The highest BCUT2D eigenvalue weighted by molar-refractivity contribution is 6.36. The highest BCUT2D eigenvalue weighted by Gasteiger charge is 2.71. The van der Waals surface area contributed by atoms with Crippen molar-refractivity contribution >= 4 is 52.3 Å². The number of anilines is 1. The van der Waals surface area contributed by atoms with Crippen LogP contribution in [-0.4, -0.2) is 36.5 Å². The Bertz CT molecular complexity index is 1830. The Kier molecular flexibility index (Phi) is 6.16. The van der Waals surface area contributed by atoms with Gasteiger partial charge < -0.3 is 9.64 Å². The van der Waals surface area contributed by atoms with Crippen LogP contribution in [0.4, 0.5) is 5.69 Å². The van der Waals surface area contributed by atoms with Crippen molar-refractivity contribution in [2.24, 2.45) is 5.41 Å². The van der Waals surface area contributed by atoms with Gasteiger partial charge in [-0.25, -0.2) is 0 Å². The molecule has 0 aromatic heterocycles. The number of methoxy groups -OCH3 is 1. The molecule has 0 N–H and O–H groups in total. The summed E-state index contributed by atoms with van der Waals surface area (Å²) in [6.45, 7) is 2.00. The Morgan fingerprint density at radius 2 is 1.62 bits per heavy atom. The molecule has 1 fully saturated rings. The summed E-state index contributed by atoms with van der Waals surface area (Å²) in [5.41, 5.74) is 2.74. The Morgan fingerprint density at radius 3 is 2.31 bits per heavy atom. The van der Waals surface area contributed by atoms with Gasteiger partial charge in [-0.2, -0.15) is 0 Å². The fraction of sp³-hybridized carbons (Fsp3) is 0.171. The molecule has 0 unspecified atom stereocenters. The molecule has 1 aliphatic carbocycles. The molecular weight excluding hydrogens is 569 g/mol. The van der Waals surface area contributed by atoms with Gasteiger partial charge in [-0.3, -0.25) is 14.4 Å². The first-order valence-electron chi connectivity index (χ1n) is 13.7. The topological polar surface area (TPSA) is 63.7 Å². The van der Waals surface area contributed by atoms with Crippen LogP contribution in [0.3, 0.4) is 0 Å². The van der Waals surface area contributed by atoms with Gasteiger partial charge in [0.25, 0.3) is 0 Å². The molecule has 0 amide bonds. The lowest BCUT2D eigenvalue weighted by Gasteiger charge is -2.37. The number of ether oxygens (including phenoxy) is 1. The van der Waals surface area contributed by atoms with Crippen LogP contribution in [0.5, 0.6) is 5.75 Å². The summed E-state index contributed by atoms with van der Waals surface area (Å²) < 4.78 is 5.44. The van der Waals surface area contributed by atoms with E-state index in [9.17, 15) is 14.4 Å². The molecule has 7 heteroatoms. The van der Waals surface area contributed by atoms with Crippen molar-refractivity contribution in [2.45, 2.75) is 24.9 Å². The smallest absolute Gasteiger partial charge is 0.186 e. The minimum absolute atomic E-state index is 0.245. The van der Waals surface area contributed by atoms with E-state index < -0.39 is 23.4 Å². The number of aryl methyl sites for hydroxylation is 1. The maximum absolute atomic E-state index is 14.8. The van der Waals surface area contributed by atoms with Gasteiger partial charge in [0.1, 0.15) is 17.2 Å². The fourth-order valence-corrected chi connectivity index (χ4v) is 7.67. The van der Waals surface area contributed by atoms with Gasteiger partial charge in [-0.1, -0.05) is 89.4 Å². The Labute approximate surface area is 253 Å². The van der Waals surface area contributed by atoms with Crippen LogP contribution in [0.1, 0.15) is 53.7 Å². The third-order valence-electron chi connectivity index (χ3n) is 8.88. The molecule has 0 radical (unpaired) electrons. The molecule has 0 bridgehead atoms. The molecule has 3 aliphatic rings. The van der Waals surface area contributed by atoms with E-state index in [1.165, 1.54) is 0 Å². The van der Waals surface area contributed by atoms with Gasteiger partial charge in [-0.05, 0) is 54.4 Å². The van der Waals surface area contributed by atoms with Crippen molar-refractivity contribution in [1.29, 1.82) is 0 Å². The van der Waals surface area contributed by atoms with Gasteiger partial charge in [-0.15, -0.1) is 0 Å². The molecular formula is C35H25Cl2NO4. The summed E-state index contributed by atoms with van der Waals surface area (Å²) in [5.74, 6) is -1.26. The summed E-state index contributed by atoms with van der Waals surface area (Å²) in [7, 11) is 1.54. The number of ketones is 3.